The largest absolute Gasteiger partial charge is 0.494 e. The van der Waals surface area contributed by atoms with E-state index in [-0.39, 0.29) is 17.1 Å². The maximum absolute atomic E-state index is 12.9. The number of nitrogens with one attached hydrogen (secondary N) is 2. The van der Waals surface area contributed by atoms with Crippen molar-refractivity contribution in [2.45, 2.75) is 24.0 Å². The van der Waals surface area contributed by atoms with Crippen molar-refractivity contribution in [3.8, 4) is 17.0 Å². The second-order valence-electron chi connectivity index (χ2n) is 8.79. The normalized spacial score (nSPS) is 11.6. The predicted molar refractivity (Wildman–Crippen MR) is 161 cm³/mol. The van der Waals surface area contributed by atoms with Crippen LogP contribution in [0.3, 0.4) is 0 Å². The number of nitrogens with zero attached hydrogens (tertiary/aromatic N) is 1. The van der Waals surface area contributed by atoms with E-state index in [0.29, 0.717) is 23.0 Å². The zero-order chi connectivity index (χ0) is 27.2. The van der Waals surface area contributed by atoms with E-state index < -0.39 is 0 Å². The van der Waals surface area contributed by atoms with Gasteiger partial charge in [-0.1, -0.05) is 36.4 Å². The van der Waals surface area contributed by atoms with Crippen molar-refractivity contribution in [1.82, 2.24) is 4.98 Å². The summed E-state index contributed by atoms with van der Waals surface area (Å²) in [6.07, 6.45) is 0. The molecule has 4 aromatic carbocycles. The highest BCUT2D eigenvalue weighted by Crippen LogP contribution is 2.29. The van der Waals surface area contributed by atoms with Crippen molar-refractivity contribution in [3.05, 3.63) is 102 Å². The first-order valence-electron chi connectivity index (χ1n) is 12.5. The summed E-state index contributed by atoms with van der Waals surface area (Å²) in [7, 11) is 0. The lowest BCUT2D eigenvalue weighted by atomic mass is 10.1. The SMILES string of the molecule is CCOc1ccc(-c2csc(NC(=O)C(C)Sc3cccc(NC(=O)c4ccc5ccccc5c4)c3)n2)cc1. The number of amides is 2. The number of anilines is 2. The number of ether oxygens (including phenoxy) is 1. The van der Waals surface area contributed by atoms with Crippen LogP contribution in [0.4, 0.5) is 10.8 Å². The highest BCUT2D eigenvalue weighted by molar-refractivity contribution is 8.00. The molecule has 2 amide bonds. The van der Waals surface area contributed by atoms with E-state index in [1.165, 1.54) is 23.1 Å². The van der Waals surface area contributed by atoms with Crippen LogP contribution in [0.15, 0.2) is 101 Å². The van der Waals surface area contributed by atoms with Crippen LogP contribution in [0.5, 0.6) is 5.75 Å². The molecule has 0 aliphatic rings. The Hall–Kier alpha value is -4.14. The number of thiazole rings is 1. The maximum Gasteiger partial charge on any atom is 0.255 e. The Labute approximate surface area is 235 Å². The van der Waals surface area contributed by atoms with Crippen LogP contribution in [-0.2, 0) is 4.79 Å². The van der Waals surface area contributed by atoms with Crippen molar-refractivity contribution in [3.63, 3.8) is 0 Å². The summed E-state index contributed by atoms with van der Waals surface area (Å²) in [5.41, 5.74) is 3.02. The molecule has 1 heterocycles. The minimum absolute atomic E-state index is 0.141. The first kappa shape index (κ1) is 26.5. The third-order valence-electron chi connectivity index (χ3n) is 5.98. The van der Waals surface area contributed by atoms with Gasteiger partial charge in [-0.15, -0.1) is 23.1 Å². The number of hydrogen-bond donors (Lipinski definition) is 2. The van der Waals surface area contributed by atoms with Crippen LogP contribution in [0.25, 0.3) is 22.0 Å². The fourth-order valence-electron chi connectivity index (χ4n) is 4.00. The van der Waals surface area contributed by atoms with Gasteiger partial charge in [0, 0.05) is 27.1 Å². The van der Waals surface area contributed by atoms with Gasteiger partial charge in [-0.2, -0.15) is 0 Å². The average molecular weight is 554 g/mol. The van der Waals surface area contributed by atoms with Gasteiger partial charge >= 0.3 is 0 Å². The van der Waals surface area contributed by atoms with Gasteiger partial charge in [0.25, 0.3) is 5.91 Å². The van der Waals surface area contributed by atoms with Crippen molar-refractivity contribution >= 4 is 56.5 Å². The van der Waals surface area contributed by atoms with Crippen molar-refractivity contribution in [2.24, 2.45) is 0 Å². The van der Waals surface area contributed by atoms with Crippen LogP contribution in [0.1, 0.15) is 24.2 Å². The lowest BCUT2D eigenvalue weighted by Gasteiger charge is -2.12. The fourth-order valence-corrected chi connectivity index (χ4v) is 5.65. The lowest BCUT2D eigenvalue weighted by molar-refractivity contribution is -0.115. The Bertz CT molecular complexity index is 1620. The standard InChI is InChI=1S/C31H27N3O3S2/c1-3-37-26-15-13-22(14-16-26)28-19-38-31(33-28)34-29(35)20(2)39-27-10-6-9-25(18-27)32-30(36)24-12-11-21-7-4-5-8-23(21)17-24/h4-20H,3H2,1-2H3,(H,32,36)(H,33,34,35). The molecule has 6 nitrogen and oxygen atoms in total. The van der Waals surface area contributed by atoms with Gasteiger partial charge in [-0.3, -0.25) is 9.59 Å². The van der Waals surface area contributed by atoms with Gasteiger partial charge in [0.1, 0.15) is 5.75 Å². The first-order valence-corrected chi connectivity index (χ1v) is 14.3. The van der Waals surface area contributed by atoms with Crippen molar-refractivity contribution in [1.29, 1.82) is 0 Å². The van der Waals surface area contributed by atoms with Gasteiger partial charge in [-0.25, -0.2) is 4.98 Å². The van der Waals surface area contributed by atoms with E-state index in [9.17, 15) is 9.59 Å². The third-order valence-corrected chi connectivity index (χ3v) is 7.83. The highest BCUT2D eigenvalue weighted by Gasteiger charge is 2.17. The molecule has 0 bridgehead atoms. The lowest BCUT2D eigenvalue weighted by Crippen LogP contribution is -2.22. The molecule has 0 aliphatic heterocycles. The Morgan fingerprint density at radius 2 is 1.72 bits per heavy atom. The molecule has 8 heteroatoms. The Morgan fingerprint density at radius 3 is 2.51 bits per heavy atom. The summed E-state index contributed by atoms with van der Waals surface area (Å²) in [5.74, 6) is 0.493. The number of hydrogen-bond acceptors (Lipinski definition) is 6. The van der Waals surface area contributed by atoms with Crippen LogP contribution in [0.2, 0.25) is 0 Å². The number of thioether (sulfide) groups is 1. The van der Waals surface area contributed by atoms with Gasteiger partial charge in [0.2, 0.25) is 5.91 Å². The molecule has 2 N–H and O–H groups in total. The van der Waals surface area contributed by atoms with Crippen molar-refractivity contribution in [2.75, 3.05) is 17.2 Å². The van der Waals surface area contributed by atoms with Gasteiger partial charge < -0.3 is 15.4 Å². The van der Waals surface area contributed by atoms with E-state index in [1.54, 1.807) is 0 Å². The smallest absolute Gasteiger partial charge is 0.255 e. The third kappa shape index (κ3) is 6.66. The van der Waals surface area contributed by atoms with Crippen LogP contribution < -0.4 is 15.4 Å². The molecule has 1 aromatic heterocycles. The van der Waals surface area contributed by atoms with E-state index in [4.69, 9.17) is 4.74 Å². The molecule has 0 fully saturated rings. The van der Waals surface area contributed by atoms with E-state index in [0.717, 1.165) is 32.7 Å². The molecule has 5 rings (SSSR count). The van der Waals surface area contributed by atoms with Gasteiger partial charge in [-0.05, 0) is 79.2 Å². The molecule has 5 aromatic rings. The molecule has 1 atom stereocenters. The van der Waals surface area contributed by atoms with Gasteiger partial charge in [0.15, 0.2) is 5.13 Å². The maximum atomic E-state index is 12.9. The molecule has 0 spiro atoms. The highest BCUT2D eigenvalue weighted by atomic mass is 32.2. The molecule has 0 radical (unpaired) electrons. The fraction of sp³-hybridized carbons (Fsp3) is 0.129. The quantitative estimate of drug-likeness (QED) is 0.183. The number of aromatic nitrogens is 1. The summed E-state index contributed by atoms with van der Waals surface area (Å²) in [6, 6.07) is 28.8. The number of carbonyl (C=O) groups is 2. The van der Waals surface area contributed by atoms with Crippen LogP contribution in [-0.4, -0.2) is 28.7 Å². The zero-order valence-corrected chi connectivity index (χ0v) is 23.1. The summed E-state index contributed by atoms with van der Waals surface area (Å²) in [5, 5.41) is 10.1. The molecule has 0 aliphatic carbocycles. The molecule has 39 heavy (non-hydrogen) atoms. The van der Waals surface area contributed by atoms with Gasteiger partial charge in [0.05, 0.1) is 17.6 Å². The molecular formula is C31H27N3O3S2. The Kier molecular flexibility index (Phi) is 8.24. The Balaban J connectivity index is 1.18. The van der Waals surface area contributed by atoms with E-state index in [2.05, 4.69) is 15.6 Å². The van der Waals surface area contributed by atoms with Crippen LogP contribution >= 0.6 is 23.1 Å². The molecule has 1 unspecified atom stereocenters. The summed E-state index contributed by atoms with van der Waals surface area (Å²) in [6.45, 7) is 4.42. The second-order valence-corrected chi connectivity index (χ2v) is 11.1. The monoisotopic (exact) mass is 553 g/mol. The first-order chi connectivity index (χ1) is 19.0. The van der Waals surface area contributed by atoms with Crippen molar-refractivity contribution < 1.29 is 14.3 Å². The minimum atomic E-state index is -0.366. The predicted octanol–water partition coefficient (Wildman–Crippen LogP) is 7.73. The minimum Gasteiger partial charge on any atom is -0.494 e. The summed E-state index contributed by atoms with van der Waals surface area (Å²) in [4.78, 5) is 31.2. The van der Waals surface area contributed by atoms with E-state index >= 15 is 0 Å². The molecular weight excluding hydrogens is 526 g/mol. The average Bonchev–Trinajstić information content (AvgIpc) is 3.42. The molecule has 0 saturated carbocycles. The van der Waals surface area contributed by atoms with Crippen LogP contribution in [0, 0.1) is 0 Å². The molecule has 196 valence electrons. The number of carbonyl (C=O) groups excluding carboxylic acids is 2. The zero-order valence-electron chi connectivity index (χ0n) is 21.5. The molecule has 0 saturated heterocycles. The summed E-state index contributed by atoms with van der Waals surface area (Å²) < 4.78 is 5.49. The topological polar surface area (TPSA) is 80.3 Å². The van der Waals surface area contributed by atoms with E-state index in [1.807, 2.05) is 110 Å². The Morgan fingerprint density at radius 1 is 0.923 bits per heavy atom. The number of rotatable bonds is 9. The number of fused-ring (bicyclic) bond motifs is 1. The second kappa shape index (κ2) is 12.1. The summed E-state index contributed by atoms with van der Waals surface area (Å²) >= 11 is 2.81. The number of benzene rings is 4.